The molecule has 7 nitrogen and oxygen atoms in total. The van der Waals surface area contributed by atoms with Crippen LogP contribution in [0.5, 0.6) is 0 Å². The second-order valence-corrected chi connectivity index (χ2v) is 9.54. The smallest absolute Gasteiger partial charge is 0.167 e. The van der Waals surface area contributed by atoms with E-state index in [2.05, 4.69) is 20.1 Å². The standard InChI is InChI=1S/C27H29F2N7/c1-31-22-6-4-17(14-20(22)28)26-33-25-24(35-13-9-18(30)16-35)8-10-32-27(25)36(26)23-7-5-19(15-21(23)29)34-11-2-3-12-34/h4-8,10,14-15,18,31H,2-3,9,11-13,16,30H2,1H3. The first kappa shape index (κ1) is 22.7. The highest BCUT2D eigenvalue weighted by Gasteiger charge is 2.26. The number of pyridine rings is 1. The van der Waals surface area contributed by atoms with E-state index in [1.54, 1.807) is 42.1 Å². The number of nitrogens with two attached hydrogens (primary N) is 1. The van der Waals surface area contributed by atoms with Crippen LogP contribution in [-0.2, 0) is 0 Å². The van der Waals surface area contributed by atoms with E-state index in [0.29, 0.717) is 40.5 Å². The van der Waals surface area contributed by atoms with Crippen LogP contribution in [0.25, 0.3) is 28.2 Å². The summed E-state index contributed by atoms with van der Waals surface area (Å²) in [5, 5.41) is 2.84. The predicted octanol–water partition coefficient (Wildman–Crippen LogP) is 4.55. The van der Waals surface area contributed by atoms with E-state index < -0.39 is 5.82 Å². The average molecular weight is 490 g/mol. The Morgan fingerprint density at radius 2 is 1.78 bits per heavy atom. The van der Waals surface area contributed by atoms with Gasteiger partial charge in [0, 0.05) is 56.7 Å². The fourth-order valence-corrected chi connectivity index (χ4v) is 5.35. The molecule has 1 atom stereocenters. The lowest BCUT2D eigenvalue weighted by molar-refractivity contribution is 0.619. The molecular formula is C27H29F2N7. The zero-order valence-corrected chi connectivity index (χ0v) is 20.2. The van der Waals surface area contributed by atoms with Gasteiger partial charge in [-0.25, -0.2) is 18.7 Å². The van der Waals surface area contributed by atoms with E-state index in [4.69, 9.17) is 10.7 Å². The van der Waals surface area contributed by atoms with Crippen molar-refractivity contribution in [1.82, 2.24) is 14.5 Å². The van der Waals surface area contributed by atoms with E-state index in [1.165, 1.54) is 6.07 Å². The lowest BCUT2D eigenvalue weighted by Gasteiger charge is -2.19. The van der Waals surface area contributed by atoms with Gasteiger partial charge in [0.05, 0.1) is 17.1 Å². The van der Waals surface area contributed by atoms with Crippen LogP contribution in [0.3, 0.4) is 0 Å². The normalized spacial score (nSPS) is 17.9. The van der Waals surface area contributed by atoms with Gasteiger partial charge in [0.15, 0.2) is 5.65 Å². The number of benzene rings is 2. The Morgan fingerprint density at radius 1 is 0.944 bits per heavy atom. The minimum atomic E-state index is -0.405. The molecule has 2 saturated heterocycles. The molecule has 186 valence electrons. The summed E-state index contributed by atoms with van der Waals surface area (Å²) in [6.45, 7) is 3.38. The lowest BCUT2D eigenvalue weighted by atomic mass is 10.1. The first-order chi connectivity index (χ1) is 17.5. The van der Waals surface area contributed by atoms with Crippen LogP contribution in [0.4, 0.5) is 25.8 Å². The molecular weight excluding hydrogens is 460 g/mol. The Labute approximate surface area is 208 Å². The monoisotopic (exact) mass is 489 g/mol. The van der Waals surface area contributed by atoms with Gasteiger partial charge < -0.3 is 20.9 Å². The number of rotatable bonds is 5. The van der Waals surface area contributed by atoms with Crippen molar-refractivity contribution < 1.29 is 8.78 Å². The van der Waals surface area contributed by atoms with E-state index in [0.717, 1.165) is 50.3 Å². The second kappa shape index (κ2) is 9.05. The van der Waals surface area contributed by atoms with Gasteiger partial charge in [0.2, 0.25) is 0 Å². The number of hydrogen-bond acceptors (Lipinski definition) is 6. The number of anilines is 3. The molecule has 2 aliphatic heterocycles. The molecule has 4 heterocycles. The van der Waals surface area contributed by atoms with E-state index in [9.17, 15) is 4.39 Å². The zero-order chi connectivity index (χ0) is 24.8. The van der Waals surface area contributed by atoms with Crippen LogP contribution in [0, 0.1) is 11.6 Å². The molecule has 0 aliphatic carbocycles. The van der Waals surface area contributed by atoms with Gasteiger partial charge >= 0.3 is 0 Å². The first-order valence-electron chi connectivity index (χ1n) is 12.4. The zero-order valence-electron chi connectivity index (χ0n) is 20.2. The Morgan fingerprint density at radius 3 is 2.47 bits per heavy atom. The van der Waals surface area contributed by atoms with Crippen LogP contribution in [-0.4, -0.2) is 53.8 Å². The van der Waals surface area contributed by atoms with Crippen LogP contribution < -0.4 is 20.9 Å². The highest BCUT2D eigenvalue weighted by atomic mass is 19.1. The van der Waals surface area contributed by atoms with Crippen molar-refractivity contribution in [2.24, 2.45) is 5.73 Å². The molecule has 3 N–H and O–H groups in total. The van der Waals surface area contributed by atoms with Gasteiger partial charge in [0.1, 0.15) is 23.0 Å². The summed E-state index contributed by atoms with van der Waals surface area (Å²) in [5.41, 5.74) is 10.3. The van der Waals surface area contributed by atoms with Crippen LogP contribution >= 0.6 is 0 Å². The largest absolute Gasteiger partial charge is 0.386 e. The van der Waals surface area contributed by atoms with E-state index in [-0.39, 0.29) is 11.9 Å². The number of imidazole rings is 1. The minimum absolute atomic E-state index is 0.0912. The molecule has 0 saturated carbocycles. The summed E-state index contributed by atoms with van der Waals surface area (Å²) in [6, 6.07) is 12.2. The Balaban J connectivity index is 1.55. The minimum Gasteiger partial charge on any atom is -0.386 e. The van der Waals surface area contributed by atoms with Crippen LogP contribution in [0.15, 0.2) is 48.7 Å². The summed E-state index contributed by atoms with van der Waals surface area (Å²) < 4.78 is 32.2. The van der Waals surface area contributed by atoms with Gasteiger partial charge in [-0.1, -0.05) is 0 Å². The van der Waals surface area contributed by atoms with Crippen molar-refractivity contribution >= 4 is 28.2 Å². The second-order valence-electron chi connectivity index (χ2n) is 9.54. The lowest BCUT2D eigenvalue weighted by Crippen LogP contribution is -2.26. The summed E-state index contributed by atoms with van der Waals surface area (Å²) >= 11 is 0. The predicted molar refractivity (Wildman–Crippen MR) is 140 cm³/mol. The highest BCUT2D eigenvalue weighted by molar-refractivity contribution is 5.91. The summed E-state index contributed by atoms with van der Waals surface area (Å²) in [7, 11) is 1.67. The average Bonchev–Trinajstić information content (AvgIpc) is 3.64. The van der Waals surface area contributed by atoms with Gasteiger partial charge in [-0.2, -0.15) is 0 Å². The first-order valence-corrected chi connectivity index (χ1v) is 12.4. The molecule has 4 aromatic rings. The number of halogens is 2. The van der Waals surface area contributed by atoms with Crippen molar-refractivity contribution in [2.45, 2.75) is 25.3 Å². The molecule has 0 radical (unpaired) electrons. The van der Waals surface area contributed by atoms with Crippen molar-refractivity contribution in [3.8, 4) is 17.1 Å². The topological polar surface area (TPSA) is 75.2 Å². The fraction of sp³-hybridized carbons (Fsp3) is 0.333. The van der Waals surface area contributed by atoms with Gasteiger partial charge in [0.25, 0.3) is 0 Å². The SMILES string of the molecule is CNc1ccc(-c2nc3c(N4CCC(N)C4)ccnc3n2-c2ccc(N3CCCC3)cc2F)cc1F. The van der Waals surface area contributed by atoms with E-state index in [1.807, 2.05) is 12.1 Å². The van der Waals surface area contributed by atoms with Crippen LogP contribution in [0.1, 0.15) is 19.3 Å². The van der Waals surface area contributed by atoms with Crippen molar-refractivity contribution in [2.75, 3.05) is 48.3 Å². The molecule has 1 unspecified atom stereocenters. The van der Waals surface area contributed by atoms with Crippen molar-refractivity contribution in [3.05, 3.63) is 60.3 Å². The molecule has 6 rings (SSSR count). The fourth-order valence-electron chi connectivity index (χ4n) is 5.35. The third-order valence-electron chi connectivity index (χ3n) is 7.23. The maximum absolute atomic E-state index is 15.7. The Kier molecular flexibility index (Phi) is 5.72. The highest BCUT2D eigenvalue weighted by Crippen LogP contribution is 2.36. The molecule has 2 aromatic carbocycles. The molecule has 36 heavy (non-hydrogen) atoms. The number of aromatic nitrogens is 3. The van der Waals surface area contributed by atoms with Gasteiger partial charge in [-0.05, 0) is 61.7 Å². The maximum Gasteiger partial charge on any atom is 0.167 e. The Bertz CT molecular complexity index is 1430. The van der Waals surface area contributed by atoms with E-state index >= 15 is 4.39 Å². The number of nitrogens with one attached hydrogen (secondary N) is 1. The number of fused-ring (bicyclic) bond motifs is 1. The number of hydrogen-bond donors (Lipinski definition) is 2. The molecule has 2 aliphatic rings. The van der Waals surface area contributed by atoms with Crippen molar-refractivity contribution in [1.29, 1.82) is 0 Å². The van der Waals surface area contributed by atoms with Gasteiger partial charge in [-0.15, -0.1) is 0 Å². The quantitative estimate of drug-likeness (QED) is 0.429. The molecule has 9 heteroatoms. The summed E-state index contributed by atoms with van der Waals surface area (Å²) in [5.74, 6) is -0.345. The summed E-state index contributed by atoms with van der Waals surface area (Å²) in [4.78, 5) is 13.9. The third-order valence-corrected chi connectivity index (χ3v) is 7.23. The Hall–Kier alpha value is -3.72. The number of nitrogens with zero attached hydrogens (tertiary/aromatic N) is 5. The van der Waals surface area contributed by atoms with Crippen molar-refractivity contribution in [3.63, 3.8) is 0 Å². The molecule has 2 fully saturated rings. The van der Waals surface area contributed by atoms with Crippen LogP contribution in [0.2, 0.25) is 0 Å². The van der Waals surface area contributed by atoms with Gasteiger partial charge in [-0.3, -0.25) is 4.57 Å². The maximum atomic E-state index is 15.7. The molecule has 0 bridgehead atoms. The molecule has 0 spiro atoms. The third kappa shape index (κ3) is 3.83. The molecule has 0 amide bonds. The molecule has 2 aromatic heterocycles. The summed E-state index contributed by atoms with van der Waals surface area (Å²) in [6.07, 6.45) is 4.83.